The fourth-order valence-corrected chi connectivity index (χ4v) is 5.45. The molecule has 1 N–H and O–H groups in total. The fraction of sp³-hybridized carbons (Fsp3) is 0.400. The van der Waals surface area contributed by atoms with E-state index in [1.54, 1.807) is 13.0 Å². The van der Waals surface area contributed by atoms with E-state index >= 15 is 0 Å². The van der Waals surface area contributed by atoms with Gasteiger partial charge >= 0.3 is 5.63 Å². The van der Waals surface area contributed by atoms with E-state index in [1.165, 1.54) is 0 Å². The van der Waals surface area contributed by atoms with Gasteiger partial charge in [-0.2, -0.15) is 0 Å². The lowest BCUT2D eigenvalue weighted by atomic mass is 10.0. The Labute approximate surface area is 161 Å². The van der Waals surface area contributed by atoms with Crippen LogP contribution >= 0.6 is 0 Å². The third-order valence-corrected chi connectivity index (χ3v) is 7.29. The molecule has 0 aliphatic carbocycles. The molecule has 1 amide bonds. The van der Waals surface area contributed by atoms with Gasteiger partial charge in [-0.3, -0.25) is 4.79 Å². The normalized spacial score (nSPS) is 18.8. The first-order valence-corrected chi connectivity index (χ1v) is 10.9. The van der Waals surface area contributed by atoms with Gasteiger partial charge in [-0.25, -0.2) is 13.2 Å². The lowest BCUT2D eigenvalue weighted by molar-refractivity contribution is -0.121. The molecule has 0 radical (unpaired) electrons. The Balaban J connectivity index is 1.69. The summed E-state index contributed by atoms with van der Waals surface area (Å²) in [6, 6.07) is 3.22. The molecule has 28 heavy (non-hydrogen) atoms. The van der Waals surface area contributed by atoms with E-state index in [0.29, 0.717) is 23.2 Å². The average Bonchev–Trinajstić information content (AvgIpc) is 3.09. The number of carbonyl (C=O) groups excluding carboxylic acids is 1. The molecule has 148 valence electrons. The molecule has 1 fully saturated rings. The zero-order valence-corrected chi connectivity index (χ0v) is 16.7. The van der Waals surface area contributed by atoms with Crippen molar-refractivity contribution in [3.8, 4) is 0 Å². The molecule has 7 nitrogen and oxygen atoms in total. The molecule has 0 spiro atoms. The maximum absolute atomic E-state index is 12.5. The van der Waals surface area contributed by atoms with Crippen LogP contribution in [0.2, 0.25) is 0 Å². The second-order valence-corrected chi connectivity index (χ2v) is 9.69. The number of fused-ring (bicyclic) bond motifs is 2. The number of carbonyl (C=O) groups is 1. The SMILES string of the molecule is Cc1oc2cc3oc(=O)c(CC(=O)N[C@@H]4CCS(=O)(=O)C4)c(C)c3cc2c1C. The second-order valence-electron chi connectivity index (χ2n) is 7.47. The highest BCUT2D eigenvalue weighted by molar-refractivity contribution is 7.91. The average molecular weight is 403 g/mol. The number of amides is 1. The number of furan rings is 1. The van der Waals surface area contributed by atoms with Crippen LogP contribution in [-0.2, 0) is 21.1 Å². The Morgan fingerprint density at radius 3 is 2.46 bits per heavy atom. The Bertz CT molecular complexity index is 1280. The summed E-state index contributed by atoms with van der Waals surface area (Å²) >= 11 is 0. The van der Waals surface area contributed by atoms with Crippen molar-refractivity contribution < 1.29 is 22.0 Å². The van der Waals surface area contributed by atoms with Gasteiger partial charge in [0.2, 0.25) is 5.91 Å². The number of hydrogen-bond acceptors (Lipinski definition) is 6. The molecule has 1 aliphatic rings. The molecule has 1 atom stereocenters. The van der Waals surface area contributed by atoms with E-state index in [9.17, 15) is 18.0 Å². The summed E-state index contributed by atoms with van der Waals surface area (Å²) in [5.41, 5.74) is 2.47. The van der Waals surface area contributed by atoms with Crippen molar-refractivity contribution in [2.45, 2.75) is 39.7 Å². The maximum atomic E-state index is 12.5. The number of aryl methyl sites for hydroxylation is 3. The molecule has 3 heterocycles. The fourth-order valence-electron chi connectivity index (χ4n) is 3.78. The predicted molar refractivity (Wildman–Crippen MR) is 105 cm³/mol. The zero-order chi connectivity index (χ0) is 20.2. The molecule has 1 aromatic carbocycles. The minimum absolute atomic E-state index is 0.0544. The summed E-state index contributed by atoms with van der Waals surface area (Å²) < 4.78 is 34.2. The number of nitrogens with one attached hydrogen (secondary N) is 1. The summed E-state index contributed by atoms with van der Waals surface area (Å²) in [4.78, 5) is 24.9. The van der Waals surface area contributed by atoms with Crippen molar-refractivity contribution >= 4 is 37.7 Å². The Hall–Kier alpha value is -2.61. The van der Waals surface area contributed by atoms with Crippen molar-refractivity contribution in [3.63, 3.8) is 0 Å². The summed E-state index contributed by atoms with van der Waals surface area (Å²) in [5, 5.41) is 4.40. The van der Waals surface area contributed by atoms with Gasteiger partial charge in [-0.05, 0) is 44.4 Å². The summed E-state index contributed by atoms with van der Waals surface area (Å²) in [7, 11) is -3.09. The van der Waals surface area contributed by atoms with Gasteiger partial charge < -0.3 is 14.2 Å². The number of sulfone groups is 1. The first kappa shape index (κ1) is 18.7. The van der Waals surface area contributed by atoms with Crippen molar-refractivity contribution in [2.75, 3.05) is 11.5 Å². The molecule has 1 aliphatic heterocycles. The monoisotopic (exact) mass is 403 g/mol. The van der Waals surface area contributed by atoms with Gasteiger partial charge in [0.15, 0.2) is 9.84 Å². The number of rotatable bonds is 3. The van der Waals surface area contributed by atoms with Crippen LogP contribution in [0.15, 0.2) is 25.8 Å². The van der Waals surface area contributed by atoms with Crippen LogP contribution < -0.4 is 10.9 Å². The van der Waals surface area contributed by atoms with Crippen LogP contribution in [0.3, 0.4) is 0 Å². The van der Waals surface area contributed by atoms with Crippen molar-refractivity contribution in [1.29, 1.82) is 0 Å². The first-order chi connectivity index (χ1) is 13.1. The summed E-state index contributed by atoms with van der Waals surface area (Å²) in [6.45, 7) is 5.63. The highest BCUT2D eigenvalue weighted by atomic mass is 32.2. The van der Waals surface area contributed by atoms with E-state index in [-0.39, 0.29) is 29.4 Å². The molecule has 8 heteroatoms. The second kappa shape index (κ2) is 6.48. The van der Waals surface area contributed by atoms with Gasteiger partial charge in [-0.1, -0.05) is 0 Å². The standard InChI is InChI=1S/C20H21NO6S/c1-10-12(3)26-17-8-18-15(6-14(10)17)11(2)16(20(23)27-18)7-19(22)21-13-4-5-28(24,25)9-13/h6,8,13H,4-5,7,9H2,1-3H3,(H,21,22)/t13-/m1/s1. The molecule has 3 aromatic rings. The van der Waals surface area contributed by atoms with E-state index in [1.807, 2.05) is 19.9 Å². The lowest BCUT2D eigenvalue weighted by Crippen LogP contribution is -2.37. The van der Waals surface area contributed by atoms with Gasteiger partial charge in [0.05, 0.1) is 23.5 Å². The summed E-state index contributed by atoms with van der Waals surface area (Å²) in [6.07, 6.45) is 0.249. The Morgan fingerprint density at radius 2 is 1.79 bits per heavy atom. The molecule has 1 saturated heterocycles. The van der Waals surface area contributed by atoms with E-state index < -0.39 is 21.5 Å². The van der Waals surface area contributed by atoms with Crippen LogP contribution in [-0.4, -0.2) is 31.9 Å². The summed E-state index contributed by atoms with van der Waals surface area (Å²) in [5.74, 6) is 0.445. The highest BCUT2D eigenvalue weighted by Crippen LogP contribution is 2.31. The van der Waals surface area contributed by atoms with E-state index in [4.69, 9.17) is 8.83 Å². The van der Waals surface area contributed by atoms with Crippen LogP contribution in [0.4, 0.5) is 0 Å². The Kier molecular flexibility index (Phi) is 4.33. The molecular formula is C20H21NO6S. The number of hydrogen-bond donors (Lipinski definition) is 1. The van der Waals surface area contributed by atoms with Crippen LogP contribution in [0.5, 0.6) is 0 Å². The molecule has 2 aromatic heterocycles. The van der Waals surface area contributed by atoms with Crippen molar-refractivity contribution in [1.82, 2.24) is 5.32 Å². The molecule has 4 rings (SSSR count). The minimum Gasteiger partial charge on any atom is -0.461 e. The van der Waals surface area contributed by atoms with Gasteiger partial charge in [-0.15, -0.1) is 0 Å². The smallest absolute Gasteiger partial charge is 0.340 e. The predicted octanol–water partition coefficient (Wildman–Crippen LogP) is 2.31. The topological polar surface area (TPSA) is 107 Å². The molecule has 0 bridgehead atoms. The quantitative estimate of drug-likeness (QED) is 0.673. The van der Waals surface area contributed by atoms with Crippen molar-refractivity contribution in [3.05, 3.63) is 45.0 Å². The number of benzene rings is 1. The van der Waals surface area contributed by atoms with Gasteiger partial charge in [0.25, 0.3) is 0 Å². The lowest BCUT2D eigenvalue weighted by Gasteiger charge is -2.12. The zero-order valence-electron chi connectivity index (χ0n) is 15.9. The highest BCUT2D eigenvalue weighted by Gasteiger charge is 2.29. The third-order valence-electron chi connectivity index (χ3n) is 5.52. The molecular weight excluding hydrogens is 382 g/mol. The minimum atomic E-state index is -3.09. The molecule has 0 unspecified atom stereocenters. The van der Waals surface area contributed by atoms with Crippen molar-refractivity contribution in [2.24, 2.45) is 0 Å². The first-order valence-electron chi connectivity index (χ1n) is 9.10. The van der Waals surface area contributed by atoms with Crippen LogP contribution in [0.1, 0.15) is 28.9 Å². The van der Waals surface area contributed by atoms with Gasteiger partial charge in [0.1, 0.15) is 16.9 Å². The van der Waals surface area contributed by atoms with Gasteiger partial charge in [0, 0.05) is 22.9 Å². The van der Waals surface area contributed by atoms with Crippen LogP contribution in [0, 0.1) is 20.8 Å². The molecule has 0 saturated carbocycles. The third kappa shape index (κ3) is 3.22. The van der Waals surface area contributed by atoms with Crippen LogP contribution in [0.25, 0.3) is 21.9 Å². The Morgan fingerprint density at radius 1 is 1.11 bits per heavy atom. The van der Waals surface area contributed by atoms with E-state index in [2.05, 4.69) is 5.32 Å². The maximum Gasteiger partial charge on any atom is 0.340 e. The van der Waals surface area contributed by atoms with E-state index in [0.717, 1.165) is 22.1 Å². The largest absolute Gasteiger partial charge is 0.461 e.